The predicted octanol–water partition coefficient (Wildman–Crippen LogP) is 4.13. The number of para-hydroxylation sites is 1. The molecule has 3 fully saturated rings. The van der Waals surface area contributed by atoms with Gasteiger partial charge in [0, 0.05) is 49.0 Å². The monoisotopic (exact) mass is 486 g/mol. The lowest BCUT2D eigenvalue weighted by Crippen LogP contribution is -2.56. The Bertz CT molecular complexity index is 1260. The maximum absolute atomic E-state index is 9.09. The number of nitrogens with zero attached hydrogens (tertiary/aromatic N) is 4. The molecule has 180 valence electrons. The molecule has 0 amide bonds. The highest BCUT2D eigenvalue weighted by molar-refractivity contribution is 7.80. The molecule has 4 heterocycles. The first-order valence-corrected chi connectivity index (χ1v) is 12.4. The number of anilines is 1. The number of thiocarbonyl (C=S) groups is 1. The van der Waals surface area contributed by atoms with Gasteiger partial charge in [-0.2, -0.15) is 10.4 Å². The fraction of sp³-hybridized carbons (Fsp3) is 0.370. The van der Waals surface area contributed by atoms with Gasteiger partial charge >= 0.3 is 0 Å². The molecular formula is C27H30N6OS. The van der Waals surface area contributed by atoms with Gasteiger partial charge in [-0.3, -0.25) is 9.58 Å². The Balaban J connectivity index is 1.22. The Morgan fingerprint density at radius 2 is 2.09 bits per heavy atom. The summed E-state index contributed by atoms with van der Waals surface area (Å²) in [6.07, 6.45) is 2.35. The van der Waals surface area contributed by atoms with Crippen molar-refractivity contribution in [2.24, 2.45) is 13.0 Å². The number of aryl methyl sites for hydroxylation is 1. The summed E-state index contributed by atoms with van der Waals surface area (Å²) in [7, 11) is 3.76. The fourth-order valence-corrected chi connectivity index (χ4v) is 5.76. The van der Waals surface area contributed by atoms with Gasteiger partial charge in [0.2, 0.25) is 0 Å². The van der Waals surface area contributed by atoms with Crippen molar-refractivity contribution in [3.63, 3.8) is 0 Å². The lowest BCUT2D eigenvalue weighted by atomic mass is 9.74. The van der Waals surface area contributed by atoms with Gasteiger partial charge in [0.05, 0.1) is 24.4 Å². The number of ether oxygens (including phenoxy) is 1. The van der Waals surface area contributed by atoms with E-state index in [1.165, 1.54) is 12.1 Å². The molecule has 0 radical (unpaired) electrons. The van der Waals surface area contributed by atoms with Gasteiger partial charge in [-0.05, 0) is 73.9 Å². The van der Waals surface area contributed by atoms with Crippen molar-refractivity contribution >= 4 is 23.0 Å². The van der Waals surface area contributed by atoms with E-state index in [-0.39, 0.29) is 0 Å². The minimum atomic E-state index is 0.456. The van der Waals surface area contributed by atoms with Crippen molar-refractivity contribution < 1.29 is 4.74 Å². The summed E-state index contributed by atoms with van der Waals surface area (Å²) < 4.78 is 7.61. The van der Waals surface area contributed by atoms with Crippen LogP contribution in [0.2, 0.25) is 0 Å². The third-order valence-corrected chi connectivity index (χ3v) is 7.55. The lowest BCUT2D eigenvalue weighted by Gasteiger charge is -2.50. The number of nitriles is 1. The van der Waals surface area contributed by atoms with E-state index in [1.54, 1.807) is 19.2 Å². The van der Waals surface area contributed by atoms with Gasteiger partial charge in [0.25, 0.3) is 0 Å². The maximum atomic E-state index is 9.09. The topological polar surface area (TPSA) is 78.1 Å². The third kappa shape index (κ3) is 4.88. The van der Waals surface area contributed by atoms with E-state index in [2.05, 4.69) is 45.5 Å². The quantitative estimate of drug-likeness (QED) is 0.507. The highest BCUT2D eigenvalue weighted by Gasteiger charge is 2.41. The largest absolute Gasteiger partial charge is 0.496 e. The molecule has 7 nitrogen and oxygen atoms in total. The molecule has 3 aliphatic heterocycles. The summed E-state index contributed by atoms with van der Waals surface area (Å²) in [6.45, 7) is 2.96. The van der Waals surface area contributed by atoms with Gasteiger partial charge < -0.3 is 15.4 Å². The number of hydrogen-bond donors (Lipinski definition) is 2. The van der Waals surface area contributed by atoms with E-state index in [4.69, 9.17) is 27.3 Å². The summed E-state index contributed by atoms with van der Waals surface area (Å²) in [5.74, 6) is 1.95. The van der Waals surface area contributed by atoms with Gasteiger partial charge in [-0.15, -0.1) is 0 Å². The summed E-state index contributed by atoms with van der Waals surface area (Å²) >= 11 is 5.51. The molecule has 1 aromatic heterocycles. The van der Waals surface area contributed by atoms with Crippen molar-refractivity contribution in [1.29, 1.82) is 5.26 Å². The molecule has 2 aromatic carbocycles. The van der Waals surface area contributed by atoms with Crippen molar-refractivity contribution in [1.82, 2.24) is 20.0 Å². The summed E-state index contributed by atoms with van der Waals surface area (Å²) in [5.41, 5.74) is 4.73. The molecule has 0 saturated carbocycles. The van der Waals surface area contributed by atoms with Crippen LogP contribution in [0.4, 0.5) is 5.69 Å². The highest BCUT2D eigenvalue weighted by Crippen LogP contribution is 2.42. The van der Waals surface area contributed by atoms with Gasteiger partial charge in [0.15, 0.2) is 5.11 Å². The van der Waals surface area contributed by atoms with Crippen molar-refractivity contribution in [3.05, 3.63) is 65.9 Å². The van der Waals surface area contributed by atoms with E-state index in [9.17, 15) is 0 Å². The summed E-state index contributed by atoms with van der Waals surface area (Å²) in [4.78, 5) is 2.59. The maximum Gasteiger partial charge on any atom is 0.170 e. The van der Waals surface area contributed by atoms with E-state index in [0.717, 1.165) is 48.7 Å². The smallest absolute Gasteiger partial charge is 0.170 e. The van der Waals surface area contributed by atoms with Gasteiger partial charge in [-0.25, -0.2) is 0 Å². The van der Waals surface area contributed by atoms with Gasteiger partial charge in [-0.1, -0.05) is 18.2 Å². The first-order valence-electron chi connectivity index (χ1n) is 12.0. The van der Waals surface area contributed by atoms with Crippen molar-refractivity contribution in [3.8, 4) is 23.1 Å². The number of nitrogens with one attached hydrogen (secondary N) is 2. The Labute approximate surface area is 211 Å². The molecule has 1 unspecified atom stereocenters. The minimum Gasteiger partial charge on any atom is -0.496 e. The molecule has 0 spiro atoms. The zero-order valence-electron chi connectivity index (χ0n) is 20.1. The first-order chi connectivity index (χ1) is 17.1. The minimum absolute atomic E-state index is 0.456. The van der Waals surface area contributed by atoms with Crippen LogP contribution >= 0.6 is 12.2 Å². The number of piperidine rings is 3. The molecule has 2 N–H and O–H groups in total. The predicted molar refractivity (Wildman–Crippen MR) is 141 cm³/mol. The molecule has 35 heavy (non-hydrogen) atoms. The van der Waals surface area contributed by atoms with Crippen molar-refractivity contribution in [2.45, 2.75) is 24.8 Å². The van der Waals surface area contributed by atoms with E-state index in [1.807, 2.05) is 30.3 Å². The van der Waals surface area contributed by atoms with Crippen LogP contribution in [0, 0.1) is 17.2 Å². The summed E-state index contributed by atoms with van der Waals surface area (Å²) in [5, 5.41) is 21.1. The summed E-state index contributed by atoms with van der Waals surface area (Å²) in [6, 6.07) is 20.3. The fourth-order valence-electron chi connectivity index (χ4n) is 5.55. The van der Waals surface area contributed by atoms with E-state index >= 15 is 0 Å². The van der Waals surface area contributed by atoms with Crippen LogP contribution in [0.15, 0.2) is 54.6 Å². The molecule has 3 aromatic rings. The second kappa shape index (κ2) is 10.1. The molecule has 3 saturated heterocycles. The Hall–Kier alpha value is -3.41. The highest BCUT2D eigenvalue weighted by atomic mass is 32.1. The van der Waals surface area contributed by atoms with Crippen LogP contribution < -0.4 is 15.4 Å². The number of benzene rings is 2. The molecule has 8 heteroatoms. The van der Waals surface area contributed by atoms with Crippen LogP contribution in [0.1, 0.15) is 30.0 Å². The molecule has 4 atom stereocenters. The molecule has 3 aliphatic rings. The van der Waals surface area contributed by atoms with Crippen LogP contribution in [0.25, 0.3) is 11.3 Å². The van der Waals surface area contributed by atoms with Gasteiger partial charge in [0.1, 0.15) is 5.75 Å². The van der Waals surface area contributed by atoms with E-state index < -0.39 is 0 Å². The van der Waals surface area contributed by atoms with Crippen LogP contribution in [0.5, 0.6) is 5.75 Å². The molecule has 2 bridgehead atoms. The number of methoxy groups -OCH3 is 1. The Morgan fingerprint density at radius 3 is 2.86 bits per heavy atom. The zero-order chi connectivity index (χ0) is 24.4. The average molecular weight is 487 g/mol. The standard InChI is InChI=1S/C27H30N6OS/c1-32-25(14-24(31-32)22-8-3-4-9-26(22)34-2)23-17-33-11-10-19(23)13-21(33)16-29-27(35)30-20-7-5-6-18(12-20)15-28/h3-9,12,14,19,21,23H,10-11,13,16-17H2,1-2H3,(H2,29,30,35)/t19-,21+,23+/m0/s1. The molecule has 6 rings (SSSR count). The number of rotatable bonds is 6. The second-order valence-corrected chi connectivity index (χ2v) is 9.75. The Kier molecular flexibility index (Phi) is 6.71. The number of hydrogen-bond acceptors (Lipinski definition) is 5. The van der Waals surface area contributed by atoms with Crippen molar-refractivity contribution in [2.75, 3.05) is 32.1 Å². The lowest BCUT2D eigenvalue weighted by molar-refractivity contribution is 0.0303. The molecular weight excluding hydrogens is 456 g/mol. The Morgan fingerprint density at radius 1 is 1.23 bits per heavy atom. The number of aromatic nitrogens is 2. The second-order valence-electron chi connectivity index (χ2n) is 9.35. The van der Waals surface area contributed by atoms with Crippen LogP contribution in [-0.2, 0) is 7.05 Å². The molecule has 0 aliphatic carbocycles. The average Bonchev–Trinajstić information content (AvgIpc) is 3.29. The SMILES string of the molecule is COc1ccccc1-c1cc([C@@H]2CN3CC[C@H]2C[C@@H]3CNC(=S)Nc2cccc(C#N)c2)n(C)n1. The van der Waals surface area contributed by atoms with Crippen LogP contribution in [-0.4, -0.2) is 52.6 Å². The van der Waals surface area contributed by atoms with Crippen LogP contribution in [0.3, 0.4) is 0 Å². The van der Waals surface area contributed by atoms with E-state index in [0.29, 0.717) is 28.6 Å². The normalized spacial score (nSPS) is 22.9. The zero-order valence-corrected chi connectivity index (χ0v) is 20.9. The third-order valence-electron chi connectivity index (χ3n) is 7.31. The number of fused-ring (bicyclic) bond motifs is 3. The first kappa shape index (κ1) is 23.3.